The van der Waals surface area contributed by atoms with Crippen molar-refractivity contribution in [1.29, 1.82) is 0 Å². The molecule has 0 aromatic carbocycles. The molecule has 130 valence electrons. The molecule has 3 aromatic heterocycles. The molecule has 2 N–H and O–H groups in total. The standard InChI is InChI=1S/C17H19N5O3/c1-10-14(17(24)25-3)11(2)19-15(10)16(23)18-8-7-13-21-20-12-6-4-5-9-22(12)13/h4-6,9,19H,7-8H2,1-3H3,(H,18,23). The fraction of sp³-hybridized carbons (Fsp3) is 0.294. The lowest BCUT2D eigenvalue weighted by atomic mass is 10.1. The summed E-state index contributed by atoms with van der Waals surface area (Å²) >= 11 is 0. The molecule has 0 aliphatic rings. The Morgan fingerprint density at radius 2 is 2.08 bits per heavy atom. The number of hydrogen-bond acceptors (Lipinski definition) is 5. The second kappa shape index (κ2) is 6.76. The Kier molecular flexibility index (Phi) is 4.51. The van der Waals surface area contributed by atoms with Gasteiger partial charge in [0.2, 0.25) is 0 Å². The molecule has 0 saturated heterocycles. The van der Waals surface area contributed by atoms with Gasteiger partial charge in [0.25, 0.3) is 5.91 Å². The van der Waals surface area contributed by atoms with Crippen molar-refractivity contribution >= 4 is 17.5 Å². The molecule has 3 rings (SSSR count). The van der Waals surface area contributed by atoms with Crippen LogP contribution in [0.25, 0.3) is 5.65 Å². The van der Waals surface area contributed by atoms with Crippen LogP contribution in [0.5, 0.6) is 0 Å². The molecule has 8 nitrogen and oxygen atoms in total. The molecule has 1 amide bonds. The Hall–Kier alpha value is -3.16. The van der Waals surface area contributed by atoms with E-state index in [2.05, 4.69) is 20.5 Å². The number of nitrogens with zero attached hydrogens (tertiary/aromatic N) is 3. The van der Waals surface area contributed by atoms with Gasteiger partial charge in [-0.3, -0.25) is 9.20 Å². The first-order chi connectivity index (χ1) is 12.0. The van der Waals surface area contributed by atoms with Gasteiger partial charge >= 0.3 is 5.97 Å². The Labute approximate surface area is 144 Å². The fourth-order valence-corrected chi connectivity index (χ4v) is 2.82. The van der Waals surface area contributed by atoms with Crippen LogP contribution in [-0.4, -0.2) is 45.1 Å². The van der Waals surface area contributed by atoms with Crippen molar-refractivity contribution in [2.24, 2.45) is 0 Å². The number of H-pyrrole nitrogens is 1. The molecule has 8 heteroatoms. The van der Waals surface area contributed by atoms with E-state index >= 15 is 0 Å². The number of esters is 1. The van der Waals surface area contributed by atoms with Gasteiger partial charge in [-0.25, -0.2) is 4.79 Å². The first-order valence-electron chi connectivity index (χ1n) is 7.87. The molecule has 0 atom stereocenters. The first-order valence-corrected chi connectivity index (χ1v) is 7.87. The molecule has 25 heavy (non-hydrogen) atoms. The lowest BCUT2D eigenvalue weighted by Gasteiger charge is -2.04. The average Bonchev–Trinajstić information content (AvgIpc) is 3.15. The summed E-state index contributed by atoms with van der Waals surface area (Å²) in [5, 5.41) is 11.0. The smallest absolute Gasteiger partial charge is 0.339 e. The summed E-state index contributed by atoms with van der Waals surface area (Å²) in [7, 11) is 1.32. The van der Waals surface area contributed by atoms with E-state index < -0.39 is 5.97 Å². The number of carbonyl (C=O) groups is 2. The minimum Gasteiger partial charge on any atom is -0.465 e. The molecule has 0 radical (unpaired) electrons. The lowest BCUT2D eigenvalue weighted by molar-refractivity contribution is 0.0599. The van der Waals surface area contributed by atoms with Crippen molar-refractivity contribution < 1.29 is 14.3 Å². The largest absolute Gasteiger partial charge is 0.465 e. The number of hydrogen-bond donors (Lipinski definition) is 2. The van der Waals surface area contributed by atoms with Crippen LogP contribution in [0.2, 0.25) is 0 Å². The number of pyridine rings is 1. The van der Waals surface area contributed by atoms with Crippen molar-refractivity contribution in [3.8, 4) is 0 Å². The molecule has 0 unspecified atom stereocenters. The summed E-state index contributed by atoms with van der Waals surface area (Å²) in [5.41, 5.74) is 2.72. The van der Waals surface area contributed by atoms with Crippen LogP contribution in [0.1, 0.15) is 37.9 Å². The van der Waals surface area contributed by atoms with Crippen LogP contribution in [0.15, 0.2) is 24.4 Å². The highest BCUT2D eigenvalue weighted by Gasteiger charge is 2.22. The fourth-order valence-electron chi connectivity index (χ4n) is 2.82. The average molecular weight is 341 g/mol. The zero-order chi connectivity index (χ0) is 18.0. The summed E-state index contributed by atoms with van der Waals surface area (Å²) in [5.74, 6) is 0.0374. The maximum atomic E-state index is 12.4. The van der Waals surface area contributed by atoms with Crippen molar-refractivity contribution in [2.45, 2.75) is 20.3 Å². The summed E-state index contributed by atoms with van der Waals surface area (Å²) in [6, 6.07) is 5.66. The van der Waals surface area contributed by atoms with E-state index in [0.29, 0.717) is 35.5 Å². The highest BCUT2D eigenvalue weighted by Crippen LogP contribution is 2.18. The molecule has 0 bridgehead atoms. The monoisotopic (exact) mass is 341 g/mol. The van der Waals surface area contributed by atoms with Gasteiger partial charge in [0.05, 0.1) is 12.7 Å². The molecule has 0 saturated carbocycles. The van der Waals surface area contributed by atoms with Crippen molar-refractivity contribution in [2.75, 3.05) is 13.7 Å². The zero-order valence-electron chi connectivity index (χ0n) is 14.3. The summed E-state index contributed by atoms with van der Waals surface area (Å²) in [4.78, 5) is 27.1. The third-order valence-electron chi connectivity index (χ3n) is 4.07. The van der Waals surface area contributed by atoms with Crippen LogP contribution in [0, 0.1) is 13.8 Å². The number of amides is 1. The van der Waals surface area contributed by atoms with Crippen LogP contribution in [0.4, 0.5) is 0 Å². The maximum absolute atomic E-state index is 12.4. The lowest BCUT2D eigenvalue weighted by Crippen LogP contribution is -2.27. The van der Waals surface area contributed by atoms with Crippen LogP contribution >= 0.6 is 0 Å². The second-order valence-electron chi connectivity index (χ2n) is 5.67. The number of aromatic amines is 1. The minimum absolute atomic E-state index is 0.274. The summed E-state index contributed by atoms with van der Waals surface area (Å²) in [6.45, 7) is 3.86. The zero-order valence-corrected chi connectivity index (χ0v) is 14.3. The molecule has 0 fully saturated rings. The third kappa shape index (κ3) is 3.10. The van der Waals surface area contributed by atoms with Crippen LogP contribution < -0.4 is 5.32 Å². The number of carbonyl (C=O) groups excluding carboxylic acids is 2. The maximum Gasteiger partial charge on any atom is 0.339 e. The van der Waals surface area contributed by atoms with Crippen LogP contribution in [0.3, 0.4) is 0 Å². The number of rotatable bonds is 5. The van der Waals surface area contributed by atoms with Gasteiger partial charge in [-0.1, -0.05) is 6.07 Å². The molecule has 0 spiro atoms. The predicted octanol–water partition coefficient (Wildman–Crippen LogP) is 1.43. The van der Waals surface area contributed by atoms with Crippen molar-refractivity contribution in [3.05, 3.63) is 52.7 Å². The van der Waals surface area contributed by atoms with E-state index in [1.807, 2.05) is 28.8 Å². The van der Waals surface area contributed by atoms with Gasteiger partial charge in [0, 0.05) is 24.9 Å². The number of methoxy groups -OCH3 is 1. The highest BCUT2D eigenvalue weighted by atomic mass is 16.5. The van der Waals surface area contributed by atoms with Crippen molar-refractivity contribution in [3.63, 3.8) is 0 Å². The number of ether oxygens (including phenoxy) is 1. The van der Waals surface area contributed by atoms with E-state index in [4.69, 9.17) is 4.74 Å². The molecule has 0 aliphatic carbocycles. The second-order valence-corrected chi connectivity index (χ2v) is 5.67. The summed E-state index contributed by atoms with van der Waals surface area (Å²) < 4.78 is 6.63. The SMILES string of the molecule is COC(=O)c1c(C)[nH]c(C(=O)NCCc2nnc3ccccn23)c1C. The van der Waals surface area contributed by atoms with Crippen molar-refractivity contribution in [1.82, 2.24) is 24.9 Å². The molecule has 0 aliphatic heterocycles. The Morgan fingerprint density at radius 3 is 2.84 bits per heavy atom. The Balaban J connectivity index is 1.68. The molecular weight excluding hydrogens is 322 g/mol. The molecule has 3 heterocycles. The summed E-state index contributed by atoms with van der Waals surface area (Å²) in [6.07, 6.45) is 2.42. The van der Waals surface area contributed by atoms with E-state index in [-0.39, 0.29) is 5.91 Å². The van der Waals surface area contributed by atoms with E-state index in [1.165, 1.54) is 7.11 Å². The van der Waals surface area contributed by atoms with Gasteiger partial charge in [0.1, 0.15) is 11.5 Å². The van der Waals surface area contributed by atoms with E-state index in [1.54, 1.807) is 13.8 Å². The number of aromatic nitrogens is 4. The Bertz CT molecular complexity index is 941. The predicted molar refractivity (Wildman–Crippen MR) is 90.6 cm³/mol. The Morgan fingerprint density at radius 1 is 1.28 bits per heavy atom. The third-order valence-corrected chi connectivity index (χ3v) is 4.07. The quantitative estimate of drug-likeness (QED) is 0.684. The first kappa shape index (κ1) is 16.7. The number of nitrogens with one attached hydrogen (secondary N) is 2. The highest BCUT2D eigenvalue weighted by molar-refractivity contribution is 6.00. The minimum atomic E-state index is -0.458. The molecular formula is C17H19N5O3. The van der Waals surface area contributed by atoms with Gasteiger partial charge < -0.3 is 15.0 Å². The molecule has 3 aromatic rings. The number of aryl methyl sites for hydroxylation is 1. The van der Waals surface area contributed by atoms with E-state index in [0.717, 1.165) is 11.5 Å². The van der Waals surface area contributed by atoms with Gasteiger partial charge in [-0.15, -0.1) is 10.2 Å². The van der Waals surface area contributed by atoms with Crippen LogP contribution in [-0.2, 0) is 11.2 Å². The normalized spacial score (nSPS) is 10.8. The van der Waals surface area contributed by atoms with Gasteiger partial charge in [-0.2, -0.15) is 0 Å². The topological polar surface area (TPSA) is 101 Å². The van der Waals surface area contributed by atoms with Gasteiger partial charge in [0.15, 0.2) is 5.65 Å². The van der Waals surface area contributed by atoms with Gasteiger partial charge in [-0.05, 0) is 31.5 Å². The number of fused-ring (bicyclic) bond motifs is 1. The van der Waals surface area contributed by atoms with E-state index in [9.17, 15) is 9.59 Å².